The van der Waals surface area contributed by atoms with Crippen LogP contribution in [0.25, 0.3) is 6.08 Å². The zero-order valence-electron chi connectivity index (χ0n) is 20.7. The van der Waals surface area contributed by atoms with Crippen LogP contribution < -0.4 is 13.8 Å². The van der Waals surface area contributed by atoms with Crippen molar-refractivity contribution >= 4 is 27.7 Å². The first-order valence-corrected chi connectivity index (χ1v) is 12.9. The van der Waals surface area contributed by atoms with Crippen LogP contribution in [0.3, 0.4) is 0 Å². The summed E-state index contributed by atoms with van der Waals surface area (Å²) < 4.78 is 38.9. The van der Waals surface area contributed by atoms with Crippen molar-refractivity contribution < 1.29 is 22.7 Å². The Morgan fingerprint density at radius 3 is 2.22 bits per heavy atom. The predicted molar refractivity (Wildman–Crippen MR) is 139 cm³/mol. The summed E-state index contributed by atoms with van der Waals surface area (Å²) in [4.78, 5) is 13.6. The number of hydrogen-bond acceptors (Lipinski definition) is 6. The molecule has 0 bridgehead atoms. The lowest BCUT2D eigenvalue weighted by Crippen LogP contribution is -2.37. The Kier molecular flexibility index (Phi) is 8.51. The third kappa shape index (κ3) is 5.75. The van der Waals surface area contributed by atoms with E-state index in [-0.39, 0.29) is 16.2 Å². The van der Waals surface area contributed by atoms with E-state index >= 15 is 0 Å². The Morgan fingerprint density at radius 1 is 1.00 bits per heavy atom. The largest absolute Gasteiger partial charge is 0.493 e. The highest BCUT2D eigenvalue weighted by molar-refractivity contribution is 7.93. The molecule has 0 atom stereocenters. The topological polar surface area (TPSA) is 96.7 Å². The van der Waals surface area contributed by atoms with Crippen molar-refractivity contribution in [2.75, 3.05) is 18.0 Å². The van der Waals surface area contributed by atoms with Crippen LogP contribution in [-0.4, -0.2) is 28.0 Å². The Labute approximate surface area is 212 Å². The second-order valence-electron chi connectivity index (χ2n) is 7.92. The minimum absolute atomic E-state index is 0.0546. The Bertz CT molecular complexity index is 1400. The molecule has 186 valence electrons. The van der Waals surface area contributed by atoms with Gasteiger partial charge in [0.25, 0.3) is 15.9 Å². The van der Waals surface area contributed by atoms with E-state index in [1.54, 1.807) is 54.6 Å². The molecular weight excluding hydrogens is 476 g/mol. The normalized spacial score (nSPS) is 11.5. The average molecular weight is 505 g/mol. The van der Waals surface area contributed by atoms with E-state index in [0.717, 1.165) is 17.5 Å². The molecule has 0 unspecified atom stereocenters. The first-order chi connectivity index (χ1) is 17.2. The fourth-order valence-corrected chi connectivity index (χ4v) is 4.92. The number of carbonyl (C=O) groups is 1. The quantitative estimate of drug-likeness (QED) is 0.290. The number of nitrogens with zero attached hydrogens (tertiary/aromatic N) is 2. The molecule has 3 aromatic carbocycles. The highest BCUT2D eigenvalue weighted by atomic mass is 32.2. The van der Waals surface area contributed by atoms with Crippen molar-refractivity contribution in [2.24, 2.45) is 0 Å². The maximum atomic E-state index is 13.7. The van der Waals surface area contributed by atoms with Crippen molar-refractivity contribution in [3.63, 3.8) is 0 Å². The van der Waals surface area contributed by atoms with E-state index in [1.165, 1.54) is 25.3 Å². The van der Waals surface area contributed by atoms with Gasteiger partial charge in [-0.3, -0.25) is 4.79 Å². The molecule has 0 fully saturated rings. The molecule has 0 radical (unpaired) electrons. The number of amides is 1. The van der Waals surface area contributed by atoms with Crippen LogP contribution in [0, 0.1) is 18.3 Å². The molecule has 1 amide bonds. The molecule has 36 heavy (non-hydrogen) atoms. The SMILES string of the molecule is CCOc1ccc(/C=C(\C#N)C(=O)N(c2ccc(CC)cc2)S(=O)(=O)c2ccc(C)cc2)cc1OC. The number of methoxy groups -OCH3 is 1. The Morgan fingerprint density at radius 2 is 1.67 bits per heavy atom. The van der Waals surface area contributed by atoms with Crippen LogP contribution in [0.4, 0.5) is 5.69 Å². The molecule has 0 saturated heterocycles. The number of nitriles is 1. The third-order valence-corrected chi connectivity index (χ3v) is 7.20. The number of rotatable bonds is 9. The maximum absolute atomic E-state index is 13.7. The van der Waals surface area contributed by atoms with Crippen LogP contribution in [0.5, 0.6) is 11.5 Å². The van der Waals surface area contributed by atoms with E-state index in [0.29, 0.717) is 28.0 Å². The molecule has 3 aromatic rings. The fourth-order valence-electron chi connectivity index (χ4n) is 3.51. The first-order valence-electron chi connectivity index (χ1n) is 11.4. The van der Waals surface area contributed by atoms with Gasteiger partial charge in [-0.05, 0) is 73.9 Å². The average Bonchev–Trinajstić information content (AvgIpc) is 2.88. The molecule has 0 heterocycles. The molecule has 0 aliphatic heterocycles. The summed E-state index contributed by atoms with van der Waals surface area (Å²) in [7, 11) is -2.83. The molecule has 0 saturated carbocycles. The summed E-state index contributed by atoms with van der Waals surface area (Å²) in [6, 6.07) is 19.7. The van der Waals surface area contributed by atoms with Gasteiger partial charge in [-0.15, -0.1) is 0 Å². The summed E-state index contributed by atoms with van der Waals surface area (Å²) in [5.74, 6) is -0.0219. The zero-order chi connectivity index (χ0) is 26.3. The van der Waals surface area contributed by atoms with Crippen LogP contribution in [-0.2, 0) is 21.2 Å². The van der Waals surface area contributed by atoms with Crippen LogP contribution in [0.1, 0.15) is 30.5 Å². The van der Waals surface area contributed by atoms with E-state index < -0.39 is 15.9 Å². The van der Waals surface area contributed by atoms with Gasteiger partial charge in [0.1, 0.15) is 11.6 Å². The van der Waals surface area contributed by atoms with Gasteiger partial charge in [-0.2, -0.15) is 9.57 Å². The van der Waals surface area contributed by atoms with Gasteiger partial charge in [-0.1, -0.05) is 42.8 Å². The lowest BCUT2D eigenvalue weighted by molar-refractivity contribution is -0.113. The number of benzene rings is 3. The molecule has 0 N–H and O–H groups in total. The number of anilines is 1. The van der Waals surface area contributed by atoms with Gasteiger partial charge in [-0.25, -0.2) is 8.42 Å². The first kappa shape index (κ1) is 26.5. The molecular formula is C28H28N2O5S. The van der Waals surface area contributed by atoms with Crippen LogP contribution in [0.15, 0.2) is 77.2 Å². The van der Waals surface area contributed by atoms with E-state index in [2.05, 4.69) is 0 Å². The number of aryl methyl sites for hydroxylation is 2. The Hall–Kier alpha value is -4.09. The monoisotopic (exact) mass is 504 g/mol. The molecule has 0 aliphatic carbocycles. The van der Waals surface area contributed by atoms with E-state index in [1.807, 2.05) is 26.8 Å². The lowest BCUT2D eigenvalue weighted by atomic mass is 10.1. The number of hydrogen-bond donors (Lipinski definition) is 0. The number of carbonyl (C=O) groups excluding carboxylic acids is 1. The fraction of sp³-hybridized carbons (Fsp3) is 0.214. The molecule has 8 heteroatoms. The third-order valence-electron chi connectivity index (χ3n) is 5.47. The van der Waals surface area contributed by atoms with Crippen molar-refractivity contribution in [1.29, 1.82) is 5.26 Å². The van der Waals surface area contributed by atoms with Gasteiger partial charge < -0.3 is 9.47 Å². The van der Waals surface area contributed by atoms with Gasteiger partial charge in [0, 0.05) is 0 Å². The molecule has 7 nitrogen and oxygen atoms in total. The summed E-state index contributed by atoms with van der Waals surface area (Å²) in [5.41, 5.74) is 2.13. The second-order valence-corrected chi connectivity index (χ2v) is 9.71. The molecule has 0 aromatic heterocycles. The Balaban J connectivity index is 2.12. The predicted octanol–water partition coefficient (Wildman–Crippen LogP) is 5.29. The highest BCUT2D eigenvalue weighted by Gasteiger charge is 2.33. The highest BCUT2D eigenvalue weighted by Crippen LogP contribution is 2.30. The summed E-state index contributed by atoms with van der Waals surface area (Å²) in [6.07, 6.45) is 2.08. The zero-order valence-corrected chi connectivity index (χ0v) is 21.5. The van der Waals surface area contributed by atoms with Crippen molar-refractivity contribution in [2.45, 2.75) is 32.1 Å². The smallest absolute Gasteiger partial charge is 0.282 e. The number of sulfonamides is 1. The van der Waals surface area contributed by atoms with E-state index in [4.69, 9.17) is 9.47 Å². The van der Waals surface area contributed by atoms with Gasteiger partial charge in [0.05, 0.1) is 24.3 Å². The maximum Gasteiger partial charge on any atom is 0.282 e. The molecule has 0 aliphatic rings. The van der Waals surface area contributed by atoms with Crippen LogP contribution >= 0.6 is 0 Å². The van der Waals surface area contributed by atoms with Gasteiger partial charge in [0.2, 0.25) is 0 Å². The summed E-state index contributed by atoms with van der Waals surface area (Å²) in [6.45, 7) is 6.10. The van der Waals surface area contributed by atoms with Crippen molar-refractivity contribution in [1.82, 2.24) is 0 Å². The standard InChI is InChI=1S/C28H28N2O5S/c1-5-21-9-12-24(13-10-21)30(36(32,33)25-14-7-20(3)8-15-25)28(31)23(19-29)17-22-11-16-26(35-6-2)27(18-22)34-4/h7-18H,5-6H2,1-4H3/b23-17+. The summed E-state index contributed by atoms with van der Waals surface area (Å²) >= 11 is 0. The minimum atomic E-state index is -4.32. The summed E-state index contributed by atoms with van der Waals surface area (Å²) in [5, 5.41) is 9.86. The van der Waals surface area contributed by atoms with Crippen molar-refractivity contribution in [3.05, 3.63) is 89.0 Å². The minimum Gasteiger partial charge on any atom is -0.493 e. The van der Waals surface area contributed by atoms with Crippen molar-refractivity contribution in [3.8, 4) is 17.6 Å². The van der Waals surface area contributed by atoms with Crippen LogP contribution in [0.2, 0.25) is 0 Å². The van der Waals surface area contributed by atoms with Gasteiger partial charge >= 0.3 is 0 Å². The molecule has 0 spiro atoms. The van der Waals surface area contributed by atoms with E-state index in [9.17, 15) is 18.5 Å². The second kappa shape index (κ2) is 11.6. The lowest BCUT2D eigenvalue weighted by Gasteiger charge is -2.23. The number of ether oxygens (including phenoxy) is 2. The molecule has 3 rings (SSSR count). The van der Waals surface area contributed by atoms with Gasteiger partial charge in [0.15, 0.2) is 11.5 Å².